The van der Waals surface area contributed by atoms with Gasteiger partial charge in [-0.1, -0.05) is 23.8 Å². The van der Waals surface area contributed by atoms with Gasteiger partial charge in [0.25, 0.3) is 0 Å². The molecular weight excluding hydrogens is 314 g/mol. The molecule has 2 bridgehead atoms. The number of allylic oxidation sites excluding steroid dienone is 2. The first kappa shape index (κ1) is 13.6. The Hall–Kier alpha value is -1.81. The third-order valence-corrected chi connectivity index (χ3v) is 6.47. The summed E-state index contributed by atoms with van der Waals surface area (Å²) in [6.07, 6.45) is 6.62. The maximum absolute atomic E-state index is 13.1. The van der Waals surface area contributed by atoms with Crippen LogP contribution in [0.2, 0.25) is 5.02 Å². The number of imide groups is 1. The smallest absolute Gasteiger partial charge is 0.238 e. The normalized spacial score (nSPS) is 35.3. The van der Waals surface area contributed by atoms with E-state index in [4.69, 9.17) is 16.3 Å². The van der Waals surface area contributed by atoms with E-state index in [9.17, 15) is 9.59 Å². The number of amides is 2. The predicted octanol–water partition coefficient (Wildman–Crippen LogP) is 3.05. The molecule has 118 valence electrons. The number of halogens is 1. The minimum absolute atomic E-state index is 0.0938. The second-order valence-corrected chi connectivity index (χ2v) is 7.49. The van der Waals surface area contributed by atoms with Crippen LogP contribution in [0.5, 0.6) is 5.75 Å². The summed E-state index contributed by atoms with van der Waals surface area (Å²) in [5, 5.41) is 0.484. The number of methoxy groups -OCH3 is 1. The number of benzene rings is 1. The number of carbonyl (C=O) groups is 2. The zero-order valence-electron chi connectivity index (χ0n) is 12.7. The van der Waals surface area contributed by atoms with Crippen molar-refractivity contribution in [2.45, 2.75) is 12.8 Å². The molecule has 4 aliphatic rings. The first-order valence-electron chi connectivity index (χ1n) is 7.98. The fraction of sp³-hybridized carbons (Fsp3) is 0.444. The summed E-state index contributed by atoms with van der Waals surface area (Å²) < 4.78 is 5.33. The van der Waals surface area contributed by atoms with Crippen molar-refractivity contribution in [3.8, 4) is 5.75 Å². The maximum Gasteiger partial charge on any atom is 0.238 e. The van der Waals surface area contributed by atoms with Crippen LogP contribution in [0.1, 0.15) is 12.8 Å². The molecule has 0 unspecified atom stereocenters. The third kappa shape index (κ3) is 1.48. The van der Waals surface area contributed by atoms with Gasteiger partial charge in [-0.25, -0.2) is 4.90 Å². The van der Waals surface area contributed by atoms with Crippen molar-refractivity contribution in [1.82, 2.24) is 0 Å². The van der Waals surface area contributed by atoms with Crippen LogP contribution in [0.3, 0.4) is 0 Å². The highest BCUT2D eigenvalue weighted by Gasteiger charge is 2.73. The molecule has 5 rings (SSSR count). The minimum Gasteiger partial charge on any atom is -0.495 e. The number of ether oxygens (including phenoxy) is 1. The molecule has 23 heavy (non-hydrogen) atoms. The van der Waals surface area contributed by atoms with Crippen LogP contribution in [0.15, 0.2) is 30.4 Å². The molecule has 1 aromatic carbocycles. The van der Waals surface area contributed by atoms with Gasteiger partial charge >= 0.3 is 0 Å². The summed E-state index contributed by atoms with van der Waals surface area (Å²) in [5.74, 6) is 0.352. The standard InChI is InChI=1S/C18H16ClNO3/c1-23-13-5-2-9(19)8-12(13)20-16(21)14-10-3-4-11(15(14)17(20)22)18(10)6-7-18/h2-5,8,10-11,14-15H,6-7H2,1H3/t10-,11-,14+,15+/m1/s1. The summed E-state index contributed by atoms with van der Waals surface area (Å²) in [7, 11) is 1.53. The highest BCUT2D eigenvalue weighted by molar-refractivity contribution is 6.31. The van der Waals surface area contributed by atoms with Crippen molar-refractivity contribution >= 4 is 29.1 Å². The van der Waals surface area contributed by atoms with E-state index in [1.54, 1.807) is 18.2 Å². The Bertz CT molecular complexity index is 748. The van der Waals surface area contributed by atoms with Gasteiger partial charge in [0.1, 0.15) is 5.75 Å². The second kappa shape index (κ2) is 4.18. The summed E-state index contributed by atoms with van der Waals surface area (Å²) in [6.45, 7) is 0. The minimum atomic E-state index is -0.205. The highest BCUT2D eigenvalue weighted by Crippen LogP contribution is 2.73. The summed E-state index contributed by atoms with van der Waals surface area (Å²) in [6, 6.07) is 5.03. The lowest BCUT2D eigenvalue weighted by Crippen LogP contribution is -2.35. The van der Waals surface area contributed by atoms with Crippen molar-refractivity contribution in [3.05, 3.63) is 35.4 Å². The number of rotatable bonds is 2. The zero-order valence-corrected chi connectivity index (χ0v) is 13.4. The van der Waals surface area contributed by atoms with E-state index in [1.807, 2.05) is 0 Å². The summed E-state index contributed by atoms with van der Waals surface area (Å²) >= 11 is 6.08. The topological polar surface area (TPSA) is 46.6 Å². The molecule has 0 aromatic heterocycles. The number of fused-ring (bicyclic) bond motifs is 3. The first-order valence-corrected chi connectivity index (χ1v) is 8.36. The molecule has 4 nitrogen and oxygen atoms in total. The van der Waals surface area contributed by atoms with Gasteiger partial charge in [-0.2, -0.15) is 0 Å². The van der Waals surface area contributed by atoms with Gasteiger partial charge in [-0.3, -0.25) is 9.59 Å². The van der Waals surface area contributed by atoms with Gasteiger partial charge < -0.3 is 4.74 Å². The van der Waals surface area contributed by atoms with Gasteiger partial charge in [0.2, 0.25) is 11.8 Å². The predicted molar refractivity (Wildman–Crippen MR) is 85.3 cm³/mol. The van der Waals surface area contributed by atoms with E-state index >= 15 is 0 Å². The van der Waals surface area contributed by atoms with Crippen molar-refractivity contribution < 1.29 is 14.3 Å². The van der Waals surface area contributed by atoms with Crippen LogP contribution in [-0.2, 0) is 9.59 Å². The third-order valence-electron chi connectivity index (χ3n) is 6.23. The van der Waals surface area contributed by atoms with E-state index in [0.717, 1.165) is 12.8 Å². The van der Waals surface area contributed by atoms with E-state index in [1.165, 1.54) is 12.0 Å². The van der Waals surface area contributed by atoms with Gasteiger partial charge in [0, 0.05) is 5.02 Å². The van der Waals surface area contributed by atoms with Crippen molar-refractivity contribution in [2.75, 3.05) is 12.0 Å². The molecule has 0 N–H and O–H groups in total. The lowest BCUT2D eigenvalue weighted by Gasteiger charge is -2.23. The molecule has 1 saturated heterocycles. The molecule has 3 aliphatic carbocycles. The summed E-state index contributed by atoms with van der Waals surface area (Å²) in [5.41, 5.74) is 0.680. The molecule has 5 heteroatoms. The number of nitrogens with zero attached hydrogens (tertiary/aromatic N) is 1. The Balaban J connectivity index is 1.60. The van der Waals surface area contributed by atoms with Crippen molar-refractivity contribution in [3.63, 3.8) is 0 Å². The average Bonchev–Trinajstić information content (AvgIpc) is 3.13. The fourth-order valence-corrected chi connectivity index (χ4v) is 5.32. The van der Waals surface area contributed by atoms with E-state index < -0.39 is 0 Å². The van der Waals surface area contributed by atoms with Crippen LogP contribution >= 0.6 is 11.6 Å². The van der Waals surface area contributed by atoms with Crippen LogP contribution in [0, 0.1) is 29.1 Å². The number of carbonyl (C=O) groups excluding carboxylic acids is 2. The van der Waals surface area contributed by atoms with E-state index in [-0.39, 0.29) is 40.9 Å². The van der Waals surface area contributed by atoms with Crippen LogP contribution in [0.25, 0.3) is 0 Å². The molecule has 4 atom stereocenters. The Labute approximate surface area is 139 Å². The molecule has 0 radical (unpaired) electrons. The molecular formula is C18H16ClNO3. The maximum atomic E-state index is 13.1. The van der Waals surface area contributed by atoms with Crippen molar-refractivity contribution in [2.24, 2.45) is 29.1 Å². The van der Waals surface area contributed by atoms with Crippen LogP contribution in [-0.4, -0.2) is 18.9 Å². The summed E-state index contributed by atoms with van der Waals surface area (Å²) in [4.78, 5) is 27.4. The average molecular weight is 330 g/mol. The molecule has 2 amide bonds. The Kier molecular flexibility index (Phi) is 2.47. The lowest BCUT2D eigenvalue weighted by molar-refractivity contribution is -0.123. The second-order valence-electron chi connectivity index (χ2n) is 7.05. The van der Waals surface area contributed by atoms with Gasteiger partial charge in [-0.05, 0) is 48.3 Å². The highest BCUT2D eigenvalue weighted by atomic mass is 35.5. The molecule has 1 aromatic rings. The monoisotopic (exact) mass is 329 g/mol. The van der Waals surface area contributed by atoms with E-state index in [0.29, 0.717) is 16.5 Å². The molecule has 2 saturated carbocycles. The fourth-order valence-electron chi connectivity index (χ4n) is 5.15. The van der Waals surface area contributed by atoms with Crippen molar-refractivity contribution in [1.29, 1.82) is 0 Å². The molecule has 3 fully saturated rings. The molecule has 1 aliphatic heterocycles. The SMILES string of the molecule is COc1ccc(Cl)cc1N1C(=O)[C@@H]2[C@@H](C1=O)[C@H]1C=C[C@H]2C12CC2. The number of hydrogen-bond donors (Lipinski definition) is 0. The lowest BCUT2D eigenvalue weighted by atomic mass is 9.85. The largest absolute Gasteiger partial charge is 0.495 e. The van der Waals surface area contributed by atoms with Crippen LogP contribution in [0.4, 0.5) is 5.69 Å². The van der Waals surface area contributed by atoms with Gasteiger partial charge in [0.15, 0.2) is 0 Å². The zero-order chi connectivity index (χ0) is 15.9. The Morgan fingerprint density at radius 3 is 2.26 bits per heavy atom. The van der Waals surface area contributed by atoms with E-state index in [2.05, 4.69) is 12.2 Å². The number of anilines is 1. The van der Waals surface area contributed by atoms with Gasteiger partial charge in [0.05, 0.1) is 24.6 Å². The molecule has 1 heterocycles. The van der Waals surface area contributed by atoms with Crippen LogP contribution < -0.4 is 9.64 Å². The van der Waals surface area contributed by atoms with Gasteiger partial charge in [-0.15, -0.1) is 0 Å². The molecule has 1 spiro atoms. The quantitative estimate of drug-likeness (QED) is 0.619. The Morgan fingerprint density at radius 1 is 1.13 bits per heavy atom. The number of hydrogen-bond acceptors (Lipinski definition) is 3. The Morgan fingerprint density at radius 2 is 1.74 bits per heavy atom. The first-order chi connectivity index (χ1) is 11.1.